The predicted molar refractivity (Wildman–Crippen MR) is 89.2 cm³/mol. The molecule has 1 atom stereocenters. The second-order valence-corrected chi connectivity index (χ2v) is 7.56. The van der Waals surface area contributed by atoms with Crippen molar-refractivity contribution in [1.82, 2.24) is 14.8 Å². The Kier molecular flexibility index (Phi) is 5.34. The van der Waals surface area contributed by atoms with Crippen LogP contribution >= 0.6 is 11.8 Å². The summed E-state index contributed by atoms with van der Waals surface area (Å²) in [6.07, 6.45) is 12.1. The summed E-state index contributed by atoms with van der Waals surface area (Å²) in [5, 5.41) is 9.87. The smallest absolute Gasteiger partial charge is 0.192 e. The van der Waals surface area contributed by atoms with E-state index in [9.17, 15) is 4.79 Å². The van der Waals surface area contributed by atoms with Gasteiger partial charge in [-0.25, -0.2) is 0 Å². The normalized spacial score (nSPS) is 23.6. The van der Waals surface area contributed by atoms with Gasteiger partial charge in [0.15, 0.2) is 5.16 Å². The molecule has 0 amide bonds. The summed E-state index contributed by atoms with van der Waals surface area (Å²) in [6.45, 7) is 4.61. The zero-order valence-electron chi connectivity index (χ0n) is 13.2. The molecule has 0 unspecified atom stereocenters. The molecule has 3 rings (SSSR count). The third kappa shape index (κ3) is 3.45. The van der Waals surface area contributed by atoms with Crippen LogP contribution in [0, 0.1) is 0 Å². The van der Waals surface area contributed by atoms with E-state index < -0.39 is 0 Å². The van der Waals surface area contributed by atoms with E-state index in [0.717, 1.165) is 43.2 Å². The number of ketones is 1. The summed E-state index contributed by atoms with van der Waals surface area (Å²) in [5.74, 6) is 2.01. The van der Waals surface area contributed by atoms with Crippen LogP contribution in [0.1, 0.15) is 69.5 Å². The third-order valence-electron chi connectivity index (χ3n) is 4.77. The molecule has 22 heavy (non-hydrogen) atoms. The topological polar surface area (TPSA) is 47.8 Å². The lowest BCUT2D eigenvalue weighted by atomic mass is 9.89. The number of nitrogens with zero attached hydrogens (tertiary/aromatic N) is 3. The van der Waals surface area contributed by atoms with Crippen LogP contribution in [0.15, 0.2) is 17.8 Å². The van der Waals surface area contributed by atoms with Gasteiger partial charge in [0.25, 0.3) is 0 Å². The van der Waals surface area contributed by atoms with Crippen LogP contribution in [0.3, 0.4) is 0 Å². The molecule has 2 aliphatic rings. The molecule has 5 heteroatoms. The van der Waals surface area contributed by atoms with Crippen molar-refractivity contribution < 1.29 is 4.79 Å². The second kappa shape index (κ2) is 7.44. The van der Waals surface area contributed by atoms with Crippen molar-refractivity contribution in [2.75, 3.05) is 0 Å². The van der Waals surface area contributed by atoms with Crippen molar-refractivity contribution in [3.63, 3.8) is 0 Å². The van der Waals surface area contributed by atoms with E-state index in [2.05, 4.69) is 21.3 Å². The summed E-state index contributed by atoms with van der Waals surface area (Å²) < 4.78 is 2.19. The van der Waals surface area contributed by atoms with E-state index in [1.165, 1.54) is 32.1 Å². The number of rotatable bonds is 5. The zero-order chi connectivity index (χ0) is 15.4. The van der Waals surface area contributed by atoms with Crippen molar-refractivity contribution in [3.05, 3.63) is 18.5 Å². The molecule has 0 N–H and O–H groups in total. The lowest BCUT2D eigenvalue weighted by Gasteiger charge is -2.22. The Balaban J connectivity index is 1.79. The van der Waals surface area contributed by atoms with Gasteiger partial charge >= 0.3 is 0 Å². The molecule has 0 aliphatic heterocycles. The highest BCUT2D eigenvalue weighted by molar-refractivity contribution is 8.00. The number of thioether (sulfide) groups is 1. The first kappa shape index (κ1) is 15.8. The Morgan fingerprint density at radius 1 is 1.14 bits per heavy atom. The standard InChI is InChI=1S/C17H25N3OS/c1-2-12-20-16(13-8-4-3-5-9-13)18-19-17(20)22-15-11-7-6-10-14(15)21/h2,13,15H,1,3-12H2/t15-/m0/s1. The number of allylic oxidation sites excluding steroid dienone is 1. The zero-order valence-corrected chi connectivity index (χ0v) is 14.0. The first-order valence-corrected chi connectivity index (χ1v) is 9.41. The largest absolute Gasteiger partial charge is 0.302 e. The highest BCUT2D eigenvalue weighted by atomic mass is 32.2. The van der Waals surface area contributed by atoms with E-state index in [1.54, 1.807) is 11.8 Å². The maximum absolute atomic E-state index is 12.1. The summed E-state index contributed by atoms with van der Waals surface area (Å²) in [4.78, 5) is 12.1. The molecule has 0 radical (unpaired) electrons. The van der Waals surface area contributed by atoms with Crippen LogP contribution in [0.4, 0.5) is 0 Å². The Hall–Kier alpha value is -1.10. The average molecular weight is 319 g/mol. The lowest BCUT2D eigenvalue weighted by Crippen LogP contribution is -2.22. The Labute approximate surface area is 136 Å². The fraction of sp³-hybridized carbons (Fsp3) is 0.706. The van der Waals surface area contributed by atoms with Crippen LogP contribution in [0.2, 0.25) is 0 Å². The molecule has 1 aromatic heterocycles. The van der Waals surface area contributed by atoms with Gasteiger partial charge in [-0.15, -0.1) is 16.8 Å². The fourth-order valence-electron chi connectivity index (χ4n) is 3.55. The number of hydrogen-bond acceptors (Lipinski definition) is 4. The highest BCUT2D eigenvalue weighted by Crippen LogP contribution is 2.35. The number of carbonyl (C=O) groups excluding carboxylic acids is 1. The van der Waals surface area contributed by atoms with Crippen LogP contribution in [-0.4, -0.2) is 25.8 Å². The summed E-state index contributed by atoms with van der Waals surface area (Å²) in [6, 6.07) is 0. The predicted octanol–water partition coefficient (Wildman–Crippen LogP) is 4.12. The SMILES string of the molecule is C=CCn1c(S[C@H]2CCCCC2=O)nnc1C1CCCCC1. The Morgan fingerprint density at radius 2 is 1.91 bits per heavy atom. The molecular formula is C17H25N3OS. The molecule has 2 saturated carbocycles. The molecule has 0 saturated heterocycles. The van der Waals surface area contributed by atoms with Gasteiger partial charge in [0.2, 0.25) is 0 Å². The number of hydrogen-bond donors (Lipinski definition) is 0. The lowest BCUT2D eigenvalue weighted by molar-refractivity contribution is -0.119. The first-order chi connectivity index (χ1) is 10.8. The number of Topliss-reactive ketones (excluding diaryl/α,β-unsaturated/α-hetero) is 1. The molecule has 2 aliphatic carbocycles. The van der Waals surface area contributed by atoms with Gasteiger partial charge in [-0.1, -0.05) is 43.5 Å². The van der Waals surface area contributed by atoms with Gasteiger partial charge in [-0.3, -0.25) is 4.79 Å². The van der Waals surface area contributed by atoms with Crippen LogP contribution < -0.4 is 0 Å². The van der Waals surface area contributed by atoms with Crippen LogP contribution in [0.5, 0.6) is 0 Å². The van der Waals surface area contributed by atoms with Crippen molar-refractivity contribution >= 4 is 17.5 Å². The molecule has 2 fully saturated rings. The van der Waals surface area contributed by atoms with Crippen molar-refractivity contribution in [2.45, 2.75) is 80.7 Å². The average Bonchev–Trinajstić information content (AvgIpc) is 2.94. The minimum absolute atomic E-state index is 0.0701. The molecule has 1 aromatic rings. The number of carbonyl (C=O) groups is 1. The molecule has 120 valence electrons. The maximum Gasteiger partial charge on any atom is 0.192 e. The van der Waals surface area contributed by atoms with E-state index >= 15 is 0 Å². The quantitative estimate of drug-likeness (QED) is 0.766. The van der Waals surface area contributed by atoms with Gasteiger partial charge in [0.1, 0.15) is 11.6 Å². The van der Waals surface area contributed by atoms with Crippen molar-refractivity contribution in [2.24, 2.45) is 0 Å². The molecule has 0 aromatic carbocycles. The van der Waals surface area contributed by atoms with E-state index in [-0.39, 0.29) is 5.25 Å². The maximum atomic E-state index is 12.1. The Bertz CT molecular complexity index is 534. The summed E-state index contributed by atoms with van der Waals surface area (Å²) in [5.41, 5.74) is 0. The van der Waals surface area contributed by atoms with E-state index in [0.29, 0.717) is 11.7 Å². The Morgan fingerprint density at radius 3 is 2.64 bits per heavy atom. The first-order valence-electron chi connectivity index (χ1n) is 8.53. The molecule has 0 spiro atoms. The minimum atomic E-state index is 0.0701. The van der Waals surface area contributed by atoms with Gasteiger partial charge < -0.3 is 4.57 Å². The fourth-order valence-corrected chi connectivity index (χ4v) is 4.73. The molecule has 4 nitrogen and oxygen atoms in total. The van der Waals surface area contributed by atoms with Gasteiger partial charge in [-0.2, -0.15) is 0 Å². The molecule has 1 heterocycles. The number of aromatic nitrogens is 3. The van der Waals surface area contributed by atoms with Crippen LogP contribution in [0.25, 0.3) is 0 Å². The molecular weight excluding hydrogens is 294 g/mol. The van der Waals surface area contributed by atoms with E-state index in [4.69, 9.17) is 0 Å². The van der Waals surface area contributed by atoms with E-state index in [1.807, 2.05) is 6.08 Å². The highest BCUT2D eigenvalue weighted by Gasteiger charge is 2.28. The van der Waals surface area contributed by atoms with Crippen LogP contribution in [-0.2, 0) is 11.3 Å². The van der Waals surface area contributed by atoms with Gasteiger partial charge in [0.05, 0.1) is 5.25 Å². The summed E-state index contributed by atoms with van der Waals surface area (Å²) >= 11 is 1.62. The minimum Gasteiger partial charge on any atom is -0.302 e. The summed E-state index contributed by atoms with van der Waals surface area (Å²) in [7, 11) is 0. The second-order valence-electron chi connectivity index (χ2n) is 6.39. The van der Waals surface area contributed by atoms with Gasteiger partial charge in [0, 0.05) is 18.9 Å². The van der Waals surface area contributed by atoms with Crippen molar-refractivity contribution in [3.8, 4) is 0 Å². The monoisotopic (exact) mass is 319 g/mol. The molecule has 0 bridgehead atoms. The third-order valence-corrected chi connectivity index (χ3v) is 6.07. The van der Waals surface area contributed by atoms with Gasteiger partial charge in [-0.05, 0) is 25.7 Å². The van der Waals surface area contributed by atoms with Crippen molar-refractivity contribution in [1.29, 1.82) is 0 Å².